The van der Waals surface area contributed by atoms with Crippen LogP contribution in [0.25, 0.3) is 0 Å². The second-order valence-corrected chi connectivity index (χ2v) is 8.40. The number of benzene rings is 1. The van der Waals surface area contributed by atoms with Crippen molar-refractivity contribution in [1.29, 1.82) is 0 Å². The van der Waals surface area contributed by atoms with E-state index in [0.717, 1.165) is 18.3 Å². The Labute approximate surface area is 138 Å². The molecular weight excluding hydrogens is 292 g/mol. The minimum Gasteiger partial charge on any atom is -0.504 e. The molecule has 2 fully saturated rings. The molecule has 5 atom stereocenters. The van der Waals surface area contributed by atoms with Crippen LogP contribution in [0.2, 0.25) is 0 Å². The molecule has 0 radical (unpaired) electrons. The fourth-order valence-electron chi connectivity index (χ4n) is 5.72. The fraction of sp³-hybridized carbons (Fsp3) is 0.684. The summed E-state index contributed by atoms with van der Waals surface area (Å²) < 4.78 is 5.35. The Hall–Kier alpha value is -0.830. The predicted octanol–water partition coefficient (Wildman–Crippen LogP) is 4.56. The molecule has 1 unspecified atom stereocenters. The number of aromatic hydroxyl groups is 1. The lowest BCUT2D eigenvalue weighted by molar-refractivity contribution is 0.0632. The highest BCUT2D eigenvalue weighted by Gasteiger charge is 2.53. The van der Waals surface area contributed by atoms with Crippen LogP contribution in [0.1, 0.15) is 56.1 Å². The van der Waals surface area contributed by atoms with Crippen LogP contribution in [0.15, 0.2) is 12.1 Å². The zero-order valence-corrected chi connectivity index (χ0v) is 14.4. The number of phenols is 1. The third-order valence-corrected chi connectivity index (χ3v) is 7.82. The first-order chi connectivity index (χ1) is 10.5. The van der Waals surface area contributed by atoms with E-state index >= 15 is 0 Å². The summed E-state index contributed by atoms with van der Waals surface area (Å²) in [5, 5.41) is 10.6. The smallest absolute Gasteiger partial charge is 0.160 e. The molecule has 1 aromatic carbocycles. The molecule has 3 aliphatic carbocycles. The normalized spacial score (nSPS) is 39.8. The molecule has 1 N–H and O–H groups in total. The molecule has 0 heterocycles. The van der Waals surface area contributed by atoms with Crippen LogP contribution in [-0.2, 0) is 6.42 Å². The molecule has 120 valence electrons. The number of rotatable bonds is 1. The van der Waals surface area contributed by atoms with Crippen LogP contribution in [0.5, 0.6) is 11.5 Å². The van der Waals surface area contributed by atoms with E-state index in [2.05, 4.69) is 13.0 Å². The van der Waals surface area contributed by atoms with Crippen molar-refractivity contribution < 1.29 is 9.84 Å². The SMILES string of the molecule is COc1cc2c(cc1O)CC[C@@H]1[C@@H]2CC[C@]2(C)C(S)CC[C@@H]12. The summed E-state index contributed by atoms with van der Waals surface area (Å²) in [7, 11) is 1.64. The summed E-state index contributed by atoms with van der Waals surface area (Å²) in [5.74, 6) is 3.18. The van der Waals surface area contributed by atoms with Gasteiger partial charge in [0.15, 0.2) is 11.5 Å². The molecular formula is C19H26O2S. The number of hydrogen-bond donors (Lipinski definition) is 2. The minimum atomic E-state index is 0.289. The van der Waals surface area contributed by atoms with Gasteiger partial charge >= 0.3 is 0 Å². The maximum Gasteiger partial charge on any atom is 0.160 e. The highest BCUT2D eigenvalue weighted by molar-refractivity contribution is 7.81. The van der Waals surface area contributed by atoms with E-state index in [1.54, 1.807) is 7.11 Å². The van der Waals surface area contributed by atoms with Crippen molar-refractivity contribution in [1.82, 2.24) is 0 Å². The van der Waals surface area contributed by atoms with Crippen molar-refractivity contribution in [3.63, 3.8) is 0 Å². The van der Waals surface area contributed by atoms with Crippen LogP contribution >= 0.6 is 12.6 Å². The number of aryl methyl sites for hydroxylation is 1. The van der Waals surface area contributed by atoms with Gasteiger partial charge in [-0.05, 0) is 85.0 Å². The fourth-order valence-corrected chi connectivity index (χ4v) is 6.19. The molecule has 0 aromatic heterocycles. The Bertz CT molecular complexity index is 599. The topological polar surface area (TPSA) is 29.5 Å². The predicted molar refractivity (Wildman–Crippen MR) is 92.0 cm³/mol. The van der Waals surface area contributed by atoms with Gasteiger partial charge in [0, 0.05) is 5.25 Å². The van der Waals surface area contributed by atoms with E-state index in [1.807, 2.05) is 6.07 Å². The highest BCUT2D eigenvalue weighted by Crippen LogP contribution is 2.62. The van der Waals surface area contributed by atoms with Crippen LogP contribution in [0, 0.1) is 17.3 Å². The minimum absolute atomic E-state index is 0.289. The summed E-state index contributed by atoms with van der Waals surface area (Å²) in [6, 6.07) is 4.05. The zero-order chi connectivity index (χ0) is 15.5. The van der Waals surface area contributed by atoms with Gasteiger partial charge in [0.25, 0.3) is 0 Å². The van der Waals surface area contributed by atoms with Gasteiger partial charge in [-0.1, -0.05) is 6.92 Å². The molecule has 22 heavy (non-hydrogen) atoms. The number of fused-ring (bicyclic) bond motifs is 5. The standard InChI is InChI=1S/C19H26O2S/c1-19-8-7-12-13(15(19)5-6-18(19)22)4-3-11-9-16(20)17(21-2)10-14(11)12/h9-10,12-13,15,18,20,22H,3-8H2,1-2H3/t12-,13+,15-,18?,19-/m0/s1. The lowest BCUT2D eigenvalue weighted by Crippen LogP contribution is -2.42. The average molecular weight is 318 g/mol. The van der Waals surface area contributed by atoms with Crippen LogP contribution in [-0.4, -0.2) is 17.5 Å². The van der Waals surface area contributed by atoms with E-state index in [4.69, 9.17) is 17.4 Å². The first-order valence-electron chi connectivity index (χ1n) is 8.62. The molecule has 1 aromatic rings. The van der Waals surface area contributed by atoms with E-state index in [-0.39, 0.29) is 5.75 Å². The van der Waals surface area contributed by atoms with Crippen molar-refractivity contribution in [3.8, 4) is 11.5 Å². The first-order valence-corrected chi connectivity index (χ1v) is 9.14. The van der Waals surface area contributed by atoms with Crippen molar-refractivity contribution in [3.05, 3.63) is 23.3 Å². The van der Waals surface area contributed by atoms with Gasteiger partial charge in [0.2, 0.25) is 0 Å². The number of ether oxygens (including phenoxy) is 1. The first kappa shape index (κ1) is 14.7. The van der Waals surface area contributed by atoms with Gasteiger partial charge in [-0.3, -0.25) is 0 Å². The molecule has 3 heteroatoms. The molecule has 2 saturated carbocycles. The average Bonchev–Trinajstić information content (AvgIpc) is 2.82. The molecule has 4 rings (SSSR count). The molecule has 3 aliphatic rings. The molecule has 2 nitrogen and oxygen atoms in total. The van der Waals surface area contributed by atoms with Crippen LogP contribution < -0.4 is 4.74 Å². The third-order valence-electron chi connectivity index (χ3n) is 6.97. The van der Waals surface area contributed by atoms with E-state index in [9.17, 15) is 5.11 Å². The second-order valence-electron chi connectivity index (χ2n) is 7.78. The Kier molecular flexibility index (Phi) is 3.41. The molecule has 0 saturated heterocycles. The Morgan fingerprint density at radius 1 is 1.23 bits per heavy atom. The summed E-state index contributed by atoms with van der Waals surface area (Å²) in [5.41, 5.74) is 3.21. The third kappa shape index (κ3) is 1.94. The van der Waals surface area contributed by atoms with Gasteiger partial charge in [-0.25, -0.2) is 0 Å². The Morgan fingerprint density at radius 3 is 2.82 bits per heavy atom. The largest absolute Gasteiger partial charge is 0.504 e. The van der Waals surface area contributed by atoms with Crippen LogP contribution in [0.4, 0.5) is 0 Å². The maximum atomic E-state index is 10.1. The monoisotopic (exact) mass is 318 g/mol. The van der Waals surface area contributed by atoms with Gasteiger partial charge < -0.3 is 9.84 Å². The summed E-state index contributed by atoms with van der Waals surface area (Å²) in [6.45, 7) is 2.48. The molecule has 0 aliphatic heterocycles. The zero-order valence-electron chi connectivity index (χ0n) is 13.5. The van der Waals surface area contributed by atoms with Crippen molar-refractivity contribution >= 4 is 12.6 Å². The summed E-state index contributed by atoms with van der Waals surface area (Å²) >= 11 is 4.90. The Morgan fingerprint density at radius 2 is 2.05 bits per heavy atom. The second kappa shape index (κ2) is 5.09. The van der Waals surface area contributed by atoms with Crippen molar-refractivity contribution in [2.24, 2.45) is 17.3 Å². The van der Waals surface area contributed by atoms with Crippen LogP contribution in [0.3, 0.4) is 0 Å². The van der Waals surface area contributed by atoms with Crippen molar-refractivity contribution in [2.75, 3.05) is 7.11 Å². The number of methoxy groups -OCH3 is 1. The highest BCUT2D eigenvalue weighted by atomic mass is 32.1. The van der Waals surface area contributed by atoms with Crippen molar-refractivity contribution in [2.45, 2.75) is 56.6 Å². The van der Waals surface area contributed by atoms with Gasteiger partial charge in [0.1, 0.15) is 0 Å². The van der Waals surface area contributed by atoms with Gasteiger partial charge in [-0.2, -0.15) is 12.6 Å². The van der Waals surface area contributed by atoms with E-state index in [0.29, 0.717) is 22.3 Å². The quantitative estimate of drug-likeness (QED) is 0.744. The molecule has 0 amide bonds. The van der Waals surface area contributed by atoms with Gasteiger partial charge in [0.05, 0.1) is 7.11 Å². The molecule has 0 spiro atoms. The summed E-state index contributed by atoms with van der Waals surface area (Å²) in [4.78, 5) is 0. The number of thiol groups is 1. The summed E-state index contributed by atoms with van der Waals surface area (Å²) in [6.07, 6.45) is 7.53. The van der Waals surface area contributed by atoms with E-state index in [1.165, 1.54) is 43.2 Å². The van der Waals surface area contributed by atoms with Gasteiger partial charge in [-0.15, -0.1) is 0 Å². The number of hydrogen-bond acceptors (Lipinski definition) is 3. The molecule has 0 bridgehead atoms. The number of phenolic OH excluding ortho intramolecular Hbond substituents is 1. The van der Waals surface area contributed by atoms with E-state index < -0.39 is 0 Å². The lowest BCUT2D eigenvalue weighted by Gasteiger charge is -2.50. The maximum absolute atomic E-state index is 10.1. The Balaban J connectivity index is 1.72. The lowest BCUT2D eigenvalue weighted by atomic mass is 9.56.